The summed E-state index contributed by atoms with van der Waals surface area (Å²) in [7, 11) is 1.84. The monoisotopic (exact) mass is 312 g/mol. The molecule has 0 atom stereocenters. The van der Waals surface area contributed by atoms with Crippen molar-refractivity contribution in [2.24, 2.45) is 4.99 Å². The second kappa shape index (κ2) is 6.86. The molecule has 1 aromatic carbocycles. The molecule has 1 aliphatic rings. The first-order valence-corrected chi connectivity index (χ1v) is 8.02. The highest BCUT2D eigenvalue weighted by atomic mass is 19.1. The van der Waals surface area contributed by atoms with Gasteiger partial charge in [-0.25, -0.2) is 14.4 Å². The molecule has 2 heterocycles. The third-order valence-electron chi connectivity index (χ3n) is 4.35. The number of aliphatic imine (C=N–C) groups is 1. The zero-order chi connectivity index (χ0) is 16.2. The Hall–Kier alpha value is -2.30. The first kappa shape index (κ1) is 15.6. The minimum Gasteiger partial charge on any atom is -0.340 e. The number of benzene rings is 1. The van der Waals surface area contributed by atoms with Crippen molar-refractivity contribution in [1.82, 2.24) is 9.97 Å². The number of aryl methyl sites for hydroxylation is 1. The Balaban J connectivity index is 1.80. The van der Waals surface area contributed by atoms with E-state index in [1.807, 2.05) is 26.1 Å². The minimum atomic E-state index is -0.173. The SMILES string of the molecule is CCc1cccc(-c2cnc(N3CCC(=NC)CC3)nc2)c1F. The van der Waals surface area contributed by atoms with Crippen LogP contribution in [0.15, 0.2) is 35.6 Å². The van der Waals surface area contributed by atoms with Gasteiger partial charge in [0.05, 0.1) is 0 Å². The fraction of sp³-hybridized carbons (Fsp3) is 0.389. The fourth-order valence-electron chi connectivity index (χ4n) is 2.89. The molecule has 3 rings (SSSR count). The van der Waals surface area contributed by atoms with Crippen molar-refractivity contribution >= 4 is 11.7 Å². The van der Waals surface area contributed by atoms with E-state index in [2.05, 4.69) is 19.9 Å². The van der Waals surface area contributed by atoms with Crippen molar-refractivity contribution in [2.75, 3.05) is 25.0 Å². The van der Waals surface area contributed by atoms with Gasteiger partial charge in [0.2, 0.25) is 5.95 Å². The maximum atomic E-state index is 14.4. The number of anilines is 1. The molecule has 0 radical (unpaired) electrons. The number of nitrogens with zero attached hydrogens (tertiary/aromatic N) is 4. The summed E-state index contributed by atoms with van der Waals surface area (Å²) < 4.78 is 14.4. The summed E-state index contributed by atoms with van der Waals surface area (Å²) in [6.45, 7) is 3.71. The van der Waals surface area contributed by atoms with Crippen LogP contribution in [0.5, 0.6) is 0 Å². The van der Waals surface area contributed by atoms with E-state index in [1.54, 1.807) is 18.5 Å². The van der Waals surface area contributed by atoms with Gasteiger partial charge in [-0.15, -0.1) is 0 Å². The number of rotatable bonds is 3. The highest BCUT2D eigenvalue weighted by Crippen LogP contribution is 2.25. The molecular formula is C18H21FN4. The molecule has 0 spiro atoms. The van der Waals surface area contributed by atoms with Crippen molar-refractivity contribution < 1.29 is 4.39 Å². The Bertz CT molecular complexity index is 699. The predicted molar refractivity (Wildman–Crippen MR) is 91.6 cm³/mol. The lowest BCUT2D eigenvalue weighted by Gasteiger charge is -2.27. The molecule has 23 heavy (non-hydrogen) atoms. The Morgan fingerprint density at radius 1 is 1.17 bits per heavy atom. The van der Waals surface area contributed by atoms with Crippen LogP contribution in [0.1, 0.15) is 25.3 Å². The van der Waals surface area contributed by atoms with E-state index in [0.717, 1.165) is 31.5 Å². The molecule has 0 aliphatic carbocycles. The standard InChI is InChI=1S/C18H21FN4/c1-3-13-5-4-6-16(17(13)19)14-11-21-18(22-12-14)23-9-7-15(20-2)8-10-23/h4-6,11-12H,3,7-10H2,1-2H3. The molecule has 0 amide bonds. The molecule has 1 fully saturated rings. The molecule has 4 nitrogen and oxygen atoms in total. The van der Waals surface area contributed by atoms with Crippen LogP contribution in [-0.2, 0) is 6.42 Å². The van der Waals surface area contributed by atoms with Gasteiger partial charge >= 0.3 is 0 Å². The lowest BCUT2D eigenvalue weighted by molar-refractivity contribution is 0.615. The van der Waals surface area contributed by atoms with Gasteiger partial charge in [-0.2, -0.15) is 0 Å². The molecule has 120 valence electrons. The van der Waals surface area contributed by atoms with E-state index in [1.165, 1.54) is 5.71 Å². The van der Waals surface area contributed by atoms with E-state index in [-0.39, 0.29) is 5.82 Å². The van der Waals surface area contributed by atoms with E-state index >= 15 is 0 Å². The summed E-state index contributed by atoms with van der Waals surface area (Å²) in [5.74, 6) is 0.532. The molecule has 2 aromatic rings. The molecule has 5 heteroatoms. The zero-order valence-corrected chi connectivity index (χ0v) is 13.6. The molecule has 1 saturated heterocycles. The van der Waals surface area contributed by atoms with E-state index in [4.69, 9.17) is 0 Å². The average molecular weight is 312 g/mol. The summed E-state index contributed by atoms with van der Waals surface area (Å²) in [4.78, 5) is 15.3. The van der Waals surface area contributed by atoms with Crippen LogP contribution in [0.3, 0.4) is 0 Å². The molecule has 0 saturated carbocycles. The van der Waals surface area contributed by atoms with Gasteiger partial charge in [-0.3, -0.25) is 4.99 Å². The molecule has 0 unspecified atom stereocenters. The van der Waals surface area contributed by atoms with Crippen LogP contribution in [0.2, 0.25) is 0 Å². The summed E-state index contributed by atoms with van der Waals surface area (Å²) in [5, 5.41) is 0. The fourth-order valence-corrected chi connectivity index (χ4v) is 2.89. The smallest absolute Gasteiger partial charge is 0.225 e. The second-order valence-electron chi connectivity index (χ2n) is 5.68. The quantitative estimate of drug-likeness (QED) is 0.871. The van der Waals surface area contributed by atoms with Gasteiger partial charge in [0.15, 0.2) is 0 Å². The van der Waals surface area contributed by atoms with Gasteiger partial charge in [0, 0.05) is 62.2 Å². The van der Waals surface area contributed by atoms with Crippen LogP contribution in [0, 0.1) is 5.82 Å². The third kappa shape index (κ3) is 3.23. The maximum Gasteiger partial charge on any atom is 0.225 e. The minimum absolute atomic E-state index is 0.173. The predicted octanol–water partition coefficient (Wildman–Crippen LogP) is 3.52. The Morgan fingerprint density at radius 2 is 1.87 bits per heavy atom. The van der Waals surface area contributed by atoms with Crippen molar-refractivity contribution in [2.45, 2.75) is 26.2 Å². The van der Waals surface area contributed by atoms with Gasteiger partial charge in [-0.1, -0.05) is 25.1 Å². The van der Waals surface area contributed by atoms with Crippen molar-refractivity contribution in [3.05, 3.63) is 42.0 Å². The highest BCUT2D eigenvalue weighted by molar-refractivity contribution is 5.86. The molecule has 0 bridgehead atoms. The molecule has 1 aliphatic heterocycles. The Kier molecular flexibility index (Phi) is 4.65. The summed E-state index contributed by atoms with van der Waals surface area (Å²) in [6.07, 6.45) is 6.00. The molecular weight excluding hydrogens is 291 g/mol. The van der Waals surface area contributed by atoms with E-state index in [9.17, 15) is 4.39 Å². The highest BCUT2D eigenvalue weighted by Gasteiger charge is 2.17. The zero-order valence-electron chi connectivity index (χ0n) is 13.6. The summed E-state index contributed by atoms with van der Waals surface area (Å²) in [6, 6.07) is 5.47. The lowest BCUT2D eigenvalue weighted by atomic mass is 10.0. The van der Waals surface area contributed by atoms with Gasteiger partial charge in [0.25, 0.3) is 0 Å². The summed E-state index contributed by atoms with van der Waals surface area (Å²) in [5.41, 5.74) is 3.25. The van der Waals surface area contributed by atoms with Gasteiger partial charge in [0.1, 0.15) is 5.82 Å². The topological polar surface area (TPSA) is 41.4 Å². The van der Waals surface area contributed by atoms with Crippen molar-refractivity contribution in [3.63, 3.8) is 0 Å². The number of aromatic nitrogens is 2. The first-order chi connectivity index (χ1) is 11.2. The largest absolute Gasteiger partial charge is 0.340 e. The van der Waals surface area contributed by atoms with Gasteiger partial charge < -0.3 is 4.90 Å². The van der Waals surface area contributed by atoms with E-state index < -0.39 is 0 Å². The summed E-state index contributed by atoms with van der Waals surface area (Å²) >= 11 is 0. The number of piperidine rings is 1. The Morgan fingerprint density at radius 3 is 2.48 bits per heavy atom. The van der Waals surface area contributed by atoms with Crippen LogP contribution < -0.4 is 4.90 Å². The van der Waals surface area contributed by atoms with Crippen molar-refractivity contribution in [1.29, 1.82) is 0 Å². The normalized spacial score (nSPS) is 14.9. The molecule has 1 aromatic heterocycles. The van der Waals surface area contributed by atoms with Crippen LogP contribution in [0.25, 0.3) is 11.1 Å². The third-order valence-corrected chi connectivity index (χ3v) is 4.35. The number of hydrogen-bond donors (Lipinski definition) is 0. The number of halogens is 1. The van der Waals surface area contributed by atoms with E-state index in [0.29, 0.717) is 23.5 Å². The van der Waals surface area contributed by atoms with Crippen LogP contribution in [-0.4, -0.2) is 35.8 Å². The Labute approximate surface area is 136 Å². The number of hydrogen-bond acceptors (Lipinski definition) is 4. The second-order valence-corrected chi connectivity index (χ2v) is 5.68. The van der Waals surface area contributed by atoms with Crippen LogP contribution >= 0.6 is 0 Å². The first-order valence-electron chi connectivity index (χ1n) is 8.02. The lowest BCUT2D eigenvalue weighted by Crippen LogP contribution is -2.35. The maximum absolute atomic E-state index is 14.4. The van der Waals surface area contributed by atoms with Crippen molar-refractivity contribution in [3.8, 4) is 11.1 Å². The average Bonchev–Trinajstić information content (AvgIpc) is 2.62. The van der Waals surface area contributed by atoms with Crippen LogP contribution in [0.4, 0.5) is 10.3 Å². The van der Waals surface area contributed by atoms with Gasteiger partial charge in [-0.05, 0) is 12.0 Å². The molecule has 0 N–H and O–H groups in total.